The SMILES string of the molecule is Cc1c(C(=O)NCC(C)CCBr)cccc1[N+](=O)[O-]. The molecule has 0 aliphatic rings. The van der Waals surface area contributed by atoms with E-state index in [9.17, 15) is 14.9 Å². The molecule has 1 unspecified atom stereocenters. The molecule has 0 aliphatic carbocycles. The summed E-state index contributed by atoms with van der Waals surface area (Å²) in [6.07, 6.45) is 0.966. The van der Waals surface area contributed by atoms with Crippen molar-refractivity contribution in [2.75, 3.05) is 11.9 Å². The maximum absolute atomic E-state index is 12.0. The zero-order valence-electron chi connectivity index (χ0n) is 11.0. The quantitative estimate of drug-likeness (QED) is 0.495. The van der Waals surface area contributed by atoms with Crippen molar-refractivity contribution in [3.8, 4) is 0 Å². The maximum Gasteiger partial charge on any atom is 0.273 e. The third-order valence-electron chi connectivity index (χ3n) is 2.96. The number of amides is 1. The van der Waals surface area contributed by atoms with Crippen LogP contribution in [0.15, 0.2) is 18.2 Å². The standard InChI is InChI=1S/C13H17BrN2O3/c1-9(6-7-14)8-15-13(17)11-4-3-5-12(10(11)2)16(18)19/h3-5,9H,6-8H2,1-2H3,(H,15,17). The highest BCUT2D eigenvalue weighted by Gasteiger charge is 2.17. The van der Waals surface area contributed by atoms with Crippen molar-refractivity contribution < 1.29 is 9.72 Å². The first-order valence-corrected chi connectivity index (χ1v) is 7.17. The lowest BCUT2D eigenvalue weighted by Crippen LogP contribution is -2.29. The van der Waals surface area contributed by atoms with Gasteiger partial charge in [-0.25, -0.2) is 0 Å². The van der Waals surface area contributed by atoms with Crippen LogP contribution in [0, 0.1) is 23.0 Å². The van der Waals surface area contributed by atoms with E-state index >= 15 is 0 Å². The Morgan fingerprint density at radius 3 is 2.79 bits per heavy atom. The molecule has 0 saturated carbocycles. The monoisotopic (exact) mass is 328 g/mol. The summed E-state index contributed by atoms with van der Waals surface area (Å²) < 4.78 is 0. The fourth-order valence-corrected chi connectivity index (χ4v) is 2.50. The van der Waals surface area contributed by atoms with E-state index in [2.05, 4.69) is 21.2 Å². The van der Waals surface area contributed by atoms with Crippen LogP contribution in [-0.4, -0.2) is 22.7 Å². The number of rotatable bonds is 6. The second kappa shape index (κ2) is 7.23. The highest BCUT2D eigenvalue weighted by Crippen LogP contribution is 2.20. The molecule has 0 bridgehead atoms. The first kappa shape index (κ1) is 15.6. The summed E-state index contributed by atoms with van der Waals surface area (Å²) in [7, 11) is 0. The largest absolute Gasteiger partial charge is 0.352 e. The van der Waals surface area contributed by atoms with E-state index < -0.39 is 4.92 Å². The molecule has 1 aromatic carbocycles. The number of nitrogens with zero attached hydrogens (tertiary/aromatic N) is 1. The van der Waals surface area contributed by atoms with Gasteiger partial charge in [0, 0.05) is 29.1 Å². The van der Waals surface area contributed by atoms with Gasteiger partial charge in [0.2, 0.25) is 0 Å². The van der Waals surface area contributed by atoms with Crippen LogP contribution in [0.3, 0.4) is 0 Å². The summed E-state index contributed by atoms with van der Waals surface area (Å²) in [5.41, 5.74) is 0.736. The molecule has 19 heavy (non-hydrogen) atoms. The van der Waals surface area contributed by atoms with Crippen molar-refractivity contribution in [1.82, 2.24) is 5.32 Å². The lowest BCUT2D eigenvalue weighted by Gasteiger charge is -2.12. The Balaban J connectivity index is 2.78. The molecule has 5 nitrogen and oxygen atoms in total. The zero-order valence-corrected chi connectivity index (χ0v) is 12.6. The summed E-state index contributed by atoms with van der Waals surface area (Å²) in [5.74, 6) is 0.102. The van der Waals surface area contributed by atoms with E-state index in [0.717, 1.165) is 11.8 Å². The smallest absolute Gasteiger partial charge is 0.273 e. The Bertz CT molecular complexity index is 477. The summed E-state index contributed by atoms with van der Waals surface area (Å²) in [4.78, 5) is 22.3. The highest BCUT2D eigenvalue weighted by molar-refractivity contribution is 9.09. The van der Waals surface area contributed by atoms with Crippen molar-refractivity contribution in [3.05, 3.63) is 39.4 Å². The number of alkyl halides is 1. The van der Waals surface area contributed by atoms with E-state index in [1.165, 1.54) is 12.1 Å². The molecule has 0 aliphatic heterocycles. The number of nitro benzene ring substituents is 1. The maximum atomic E-state index is 12.0. The number of hydrogen-bond acceptors (Lipinski definition) is 3. The van der Waals surface area contributed by atoms with Gasteiger partial charge in [0.15, 0.2) is 0 Å². The van der Waals surface area contributed by atoms with Crippen LogP contribution < -0.4 is 5.32 Å². The molecule has 1 amide bonds. The van der Waals surface area contributed by atoms with Gasteiger partial charge in [0.05, 0.1) is 4.92 Å². The molecule has 0 spiro atoms. The van der Waals surface area contributed by atoms with E-state index in [-0.39, 0.29) is 11.6 Å². The predicted molar refractivity (Wildman–Crippen MR) is 77.7 cm³/mol. The van der Waals surface area contributed by atoms with Gasteiger partial charge in [-0.3, -0.25) is 14.9 Å². The molecule has 0 fully saturated rings. The Kier molecular flexibility index (Phi) is 5.95. The zero-order chi connectivity index (χ0) is 14.4. The molecule has 1 aromatic rings. The molecule has 1 atom stereocenters. The molecule has 1 N–H and O–H groups in total. The molecule has 1 rings (SSSR count). The van der Waals surface area contributed by atoms with Crippen LogP contribution in [0.2, 0.25) is 0 Å². The fraction of sp³-hybridized carbons (Fsp3) is 0.462. The van der Waals surface area contributed by atoms with Crippen molar-refractivity contribution >= 4 is 27.5 Å². The van der Waals surface area contributed by atoms with Gasteiger partial charge in [-0.05, 0) is 25.3 Å². The van der Waals surface area contributed by atoms with Gasteiger partial charge in [-0.15, -0.1) is 0 Å². The average Bonchev–Trinajstić information content (AvgIpc) is 2.36. The molecule has 0 aromatic heterocycles. The molecule has 0 heterocycles. The Morgan fingerprint density at radius 1 is 1.53 bits per heavy atom. The summed E-state index contributed by atoms with van der Waals surface area (Å²) in [6, 6.07) is 4.54. The second-order valence-electron chi connectivity index (χ2n) is 4.50. The molecular formula is C13H17BrN2O3. The van der Waals surface area contributed by atoms with Crippen molar-refractivity contribution in [1.29, 1.82) is 0 Å². The molecule has 6 heteroatoms. The van der Waals surface area contributed by atoms with E-state index in [0.29, 0.717) is 23.6 Å². The molecular weight excluding hydrogens is 312 g/mol. The van der Waals surface area contributed by atoms with E-state index in [4.69, 9.17) is 0 Å². The van der Waals surface area contributed by atoms with Crippen LogP contribution >= 0.6 is 15.9 Å². The minimum atomic E-state index is -0.473. The highest BCUT2D eigenvalue weighted by atomic mass is 79.9. The fourth-order valence-electron chi connectivity index (χ4n) is 1.72. The third kappa shape index (κ3) is 4.31. The van der Waals surface area contributed by atoms with Crippen molar-refractivity contribution in [2.24, 2.45) is 5.92 Å². The lowest BCUT2D eigenvalue weighted by molar-refractivity contribution is -0.385. The molecule has 0 saturated heterocycles. The number of carbonyl (C=O) groups is 1. The Labute approximate surface area is 120 Å². The third-order valence-corrected chi connectivity index (χ3v) is 3.42. The first-order chi connectivity index (χ1) is 8.97. The van der Waals surface area contributed by atoms with Crippen molar-refractivity contribution in [3.63, 3.8) is 0 Å². The van der Waals surface area contributed by atoms with Crippen LogP contribution in [0.4, 0.5) is 5.69 Å². The van der Waals surface area contributed by atoms with Crippen LogP contribution in [-0.2, 0) is 0 Å². The average molecular weight is 329 g/mol. The van der Waals surface area contributed by atoms with Crippen LogP contribution in [0.25, 0.3) is 0 Å². The lowest BCUT2D eigenvalue weighted by atomic mass is 10.1. The van der Waals surface area contributed by atoms with Gasteiger partial charge >= 0.3 is 0 Å². The number of nitrogens with one attached hydrogen (secondary N) is 1. The van der Waals surface area contributed by atoms with E-state index in [1.807, 2.05) is 6.92 Å². The minimum absolute atomic E-state index is 0.0267. The summed E-state index contributed by atoms with van der Waals surface area (Å²) in [6.45, 7) is 4.20. The van der Waals surface area contributed by atoms with Gasteiger partial charge in [0.1, 0.15) is 0 Å². The van der Waals surface area contributed by atoms with Gasteiger partial charge < -0.3 is 5.32 Å². The van der Waals surface area contributed by atoms with E-state index in [1.54, 1.807) is 13.0 Å². The minimum Gasteiger partial charge on any atom is -0.352 e. The number of hydrogen-bond donors (Lipinski definition) is 1. The number of nitro groups is 1. The Morgan fingerprint density at radius 2 is 2.21 bits per heavy atom. The van der Waals surface area contributed by atoms with Gasteiger partial charge in [-0.1, -0.05) is 28.9 Å². The predicted octanol–water partition coefficient (Wildman–Crippen LogP) is 3.05. The van der Waals surface area contributed by atoms with Crippen molar-refractivity contribution in [2.45, 2.75) is 20.3 Å². The first-order valence-electron chi connectivity index (χ1n) is 6.05. The number of halogens is 1. The van der Waals surface area contributed by atoms with Gasteiger partial charge in [-0.2, -0.15) is 0 Å². The number of benzene rings is 1. The van der Waals surface area contributed by atoms with Crippen LogP contribution in [0.5, 0.6) is 0 Å². The summed E-state index contributed by atoms with van der Waals surface area (Å²) >= 11 is 3.35. The van der Waals surface area contributed by atoms with Gasteiger partial charge in [0.25, 0.3) is 11.6 Å². The topological polar surface area (TPSA) is 72.2 Å². The second-order valence-corrected chi connectivity index (χ2v) is 5.29. The molecule has 0 radical (unpaired) electrons. The molecule has 104 valence electrons. The summed E-state index contributed by atoms with van der Waals surface area (Å²) in [5, 5.41) is 14.5. The number of carbonyl (C=O) groups excluding carboxylic acids is 1. The van der Waals surface area contributed by atoms with Crippen LogP contribution in [0.1, 0.15) is 29.3 Å². The Hall–Kier alpha value is -1.43. The normalized spacial score (nSPS) is 11.9.